The summed E-state index contributed by atoms with van der Waals surface area (Å²) in [5, 5.41) is 2.77. The van der Waals surface area contributed by atoms with Gasteiger partial charge in [0.2, 0.25) is 10.0 Å². The van der Waals surface area contributed by atoms with Gasteiger partial charge >= 0.3 is 0 Å². The van der Waals surface area contributed by atoms with Gasteiger partial charge in [0.05, 0.1) is 11.4 Å². The number of hydrogen-bond donors (Lipinski definition) is 1. The van der Waals surface area contributed by atoms with E-state index in [-0.39, 0.29) is 10.8 Å². The molecule has 1 aliphatic rings. The monoisotopic (exact) mass is 416 g/mol. The third kappa shape index (κ3) is 5.58. The van der Waals surface area contributed by atoms with Crippen molar-refractivity contribution in [2.45, 2.75) is 25.2 Å². The highest BCUT2D eigenvalue weighted by atomic mass is 32.2. The Labute approximate surface area is 172 Å². The fraction of sp³-hybridized carbons (Fsp3) is 0.409. The molecular formula is C22H28N2O4S. The van der Waals surface area contributed by atoms with Crippen molar-refractivity contribution in [2.24, 2.45) is 11.8 Å². The third-order valence-corrected chi connectivity index (χ3v) is 6.80. The first-order chi connectivity index (χ1) is 13.9. The van der Waals surface area contributed by atoms with Crippen LogP contribution in [0.5, 0.6) is 5.75 Å². The molecule has 29 heavy (non-hydrogen) atoms. The Kier molecular flexibility index (Phi) is 6.92. The molecule has 1 aliphatic heterocycles. The summed E-state index contributed by atoms with van der Waals surface area (Å²) in [6, 6.07) is 15.6. The summed E-state index contributed by atoms with van der Waals surface area (Å²) in [4.78, 5) is 12.6. The summed E-state index contributed by atoms with van der Waals surface area (Å²) >= 11 is 0. The van der Waals surface area contributed by atoms with Crippen molar-refractivity contribution in [1.82, 2.24) is 9.62 Å². The number of para-hydroxylation sites is 1. The zero-order valence-electron chi connectivity index (χ0n) is 16.9. The van der Waals surface area contributed by atoms with Gasteiger partial charge in [-0.05, 0) is 48.6 Å². The fourth-order valence-electron chi connectivity index (χ4n) is 3.70. The van der Waals surface area contributed by atoms with E-state index in [9.17, 15) is 13.2 Å². The van der Waals surface area contributed by atoms with Crippen LogP contribution in [-0.4, -0.2) is 44.9 Å². The van der Waals surface area contributed by atoms with Crippen LogP contribution >= 0.6 is 0 Å². The van der Waals surface area contributed by atoms with Gasteiger partial charge in [0.25, 0.3) is 5.91 Å². The molecule has 1 saturated heterocycles. The van der Waals surface area contributed by atoms with Gasteiger partial charge in [0.15, 0.2) is 0 Å². The minimum Gasteiger partial charge on any atom is -0.492 e. The van der Waals surface area contributed by atoms with Crippen molar-refractivity contribution < 1.29 is 17.9 Å². The number of carbonyl (C=O) groups is 1. The SMILES string of the molecule is CC1CC(C)CN(S(=O)(=O)c2cccc(C(=O)NCCOc3ccccc3)c2)C1. The van der Waals surface area contributed by atoms with Crippen molar-refractivity contribution in [2.75, 3.05) is 26.2 Å². The van der Waals surface area contributed by atoms with Crippen LogP contribution in [0.15, 0.2) is 59.5 Å². The lowest BCUT2D eigenvalue weighted by Gasteiger charge is -2.34. The molecule has 0 spiro atoms. The largest absolute Gasteiger partial charge is 0.492 e. The highest BCUT2D eigenvalue weighted by Crippen LogP contribution is 2.27. The van der Waals surface area contributed by atoms with E-state index in [1.807, 2.05) is 30.3 Å². The Hall–Kier alpha value is -2.38. The molecule has 0 bridgehead atoms. The van der Waals surface area contributed by atoms with Crippen molar-refractivity contribution in [3.63, 3.8) is 0 Å². The molecule has 2 aromatic carbocycles. The number of amides is 1. The maximum atomic E-state index is 13.0. The second-order valence-corrected chi connectivity index (χ2v) is 9.65. The Morgan fingerprint density at radius 1 is 1.07 bits per heavy atom. The van der Waals surface area contributed by atoms with Crippen LogP contribution in [0.4, 0.5) is 0 Å². The standard InChI is InChI=1S/C22H28N2O4S/c1-17-13-18(2)16-24(15-17)29(26,27)21-10-6-7-19(14-21)22(25)23-11-12-28-20-8-4-3-5-9-20/h3-10,14,17-18H,11-13,15-16H2,1-2H3,(H,23,25). The highest BCUT2D eigenvalue weighted by Gasteiger charge is 2.31. The number of sulfonamides is 1. The average Bonchev–Trinajstić information content (AvgIpc) is 2.71. The molecule has 1 amide bonds. The molecule has 2 unspecified atom stereocenters. The Balaban J connectivity index is 1.61. The van der Waals surface area contributed by atoms with Crippen molar-refractivity contribution in [1.29, 1.82) is 0 Å². The van der Waals surface area contributed by atoms with Crippen LogP contribution in [0.2, 0.25) is 0 Å². The van der Waals surface area contributed by atoms with E-state index in [1.165, 1.54) is 10.4 Å². The number of benzene rings is 2. The van der Waals surface area contributed by atoms with E-state index < -0.39 is 10.0 Å². The molecule has 1 fully saturated rings. The molecule has 7 heteroatoms. The van der Waals surface area contributed by atoms with Crippen LogP contribution in [-0.2, 0) is 10.0 Å². The predicted octanol–water partition coefficient (Wildman–Crippen LogP) is 3.16. The van der Waals surface area contributed by atoms with E-state index in [1.54, 1.807) is 18.2 Å². The van der Waals surface area contributed by atoms with E-state index in [4.69, 9.17) is 4.74 Å². The van der Waals surface area contributed by atoms with E-state index in [0.29, 0.717) is 43.6 Å². The van der Waals surface area contributed by atoms with Gasteiger partial charge in [0, 0.05) is 18.7 Å². The molecule has 0 radical (unpaired) electrons. The first-order valence-corrected chi connectivity index (χ1v) is 11.4. The predicted molar refractivity (Wildman–Crippen MR) is 112 cm³/mol. The fourth-order valence-corrected chi connectivity index (χ4v) is 5.43. The summed E-state index contributed by atoms with van der Waals surface area (Å²) in [5.41, 5.74) is 0.323. The molecule has 156 valence electrons. The van der Waals surface area contributed by atoms with Gasteiger partial charge < -0.3 is 10.1 Å². The number of hydrogen-bond acceptors (Lipinski definition) is 4. The molecule has 1 heterocycles. The summed E-state index contributed by atoms with van der Waals surface area (Å²) < 4.78 is 33.2. The second kappa shape index (κ2) is 9.41. The van der Waals surface area contributed by atoms with Gasteiger partial charge in [-0.25, -0.2) is 8.42 Å². The number of nitrogens with one attached hydrogen (secondary N) is 1. The molecule has 0 saturated carbocycles. The Morgan fingerprint density at radius 2 is 1.76 bits per heavy atom. The summed E-state index contributed by atoms with van der Waals surface area (Å²) in [6.45, 7) is 5.82. The van der Waals surface area contributed by atoms with E-state index in [2.05, 4.69) is 19.2 Å². The van der Waals surface area contributed by atoms with Gasteiger partial charge in [-0.1, -0.05) is 38.1 Å². The Morgan fingerprint density at radius 3 is 2.45 bits per heavy atom. The lowest BCUT2D eigenvalue weighted by atomic mass is 9.94. The average molecular weight is 417 g/mol. The van der Waals surface area contributed by atoms with Crippen molar-refractivity contribution in [3.05, 3.63) is 60.2 Å². The van der Waals surface area contributed by atoms with E-state index in [0.717, 1.165) is 12.2 Å². The molecule has 0 aromatic heterocycles. The minimum absolute atomic E-state index is 0.159. The smallest absolute Gasteiger partial charge is 0.251 e. The summed E-state index contributed by atoms with van der Waals surface area (Å²) in [5.74, 6) is 1.06. The highest BCUT2D eigenvalue weighted by molar-refractivity contribution is 7.89. The minimum atomic E-state index is -3.62. The van der Waals surface area contributed by atoms with Crippen LogP contribution in [0.25, 0.3) is 0 Å². The van der Waals surface area contributed by atoms with Crippen molar-refractivity contribution in [3.8, 4) is 5.75 Å². The first kappa shape index (κ1) is 21.3. The van der Waals surface area contributed by atoms with Gasteiger partial charge in [0.1, 0.15) is 12.4 Å². The Bertz CT molecular complexity index is 921. The molecular weight excluding hydrogens is 388 g/mol. The molecule has 1 N–H and O–H groups in total. The molecule has 3 rings (SSSR count). The summed E-state index contributed by atoms with van der Waals surface area (Å²) in [7, 11) is -3.62. The number of ether oxygens (including phenoxy) is 1. The van der Waals surface area contributed by atoms with Gasteiger partial charge in [-0.15, -0.1) is 0 Å². The van der Waals surface area contributed by atoms with Crippen LogP contribution in [0, 0.1) is 11.8 Å². The van der Waals surface area contributed by atoms with Gasteiger partial charge in [-0.2, -0.15) is 4.31 Å². The lowest BCUT2D eigenvalue weighted by Crippen LogP contribution is -2.42. The zero-order valence-corrected chi connectivity index (χ0v) is 17.7. The first-order valence-electron chi connectivity index (χ1n) is 9.92. The molecule has 0 aliphatic carbocycles. The van der Waals surface area contributed by atoms with Crippen molar-refractivity contribution >= 4 is 15.9 Å². The molecule has 2 atom stereocenters. The molecule has 6 nitrogen and oxygen atoms in total. The van der Waals surface area contributed by atoms with Crippen LogP contribution in [0.1, 0.15) is 30.6 Å². The quantitative estimate of drug-likeness (QED) is 0.704. The zero-order chi connectivity index (χ0) is 20.9. The maximum Gasteiger partial charge on any atom is 0.251 e. The third-order valence-electron chi connectivity index (χ3n) is 4.97. The lowest BCUT2D eigenvalue weighted by molar-refractivity contribution is 0.0946. The normalized spacial score (nSPS) is 20.2. The summed E-state index contributed by atoms with van der Waals surface area (Å²) in [6.07, 6.45) is 1.03. The van der Waals surface area contributed by atoms with Gasteiger partial charge in [-0.3, -0.25) is 4.79 Å². The number of nitrogens with zero attached hydrogens (tertiary/aromatic N) is 1. The number of rotatable bonds is 7. The molecule has 2 aromatic rings. The van der Waals surface area contributed by atoms with E-state index >= 15 is 0 Å². The van der Waals surface area contributed by atoms with Crippen LogP contribution < -0.4 is 10.1 Å². The van der Waals surface area contributed by atoms with Crippen LogP contribution in [0.3, 0.4) is 0 Å². The second-order valence-electron chi connectivity index (χ2n) is 7.71. The number of carbonyl (C=O) groups excluding carboxylic acids is 1. The number of piperidine rings is 1. The topological polar surface area (TPSA) is 75.7 Å². The maximum absolute atomic E-state index is 13.0.